The molecule has 0 unspecified atom stereocenters. The van der Waals surface area contributed by atoms with E-state index in [1.54, 1.807) is 41.0 Å². The first-order chi connectivity index (χ1) is 18.9. The molecule has 4 aromatic rings. The number of halogens is 2. The third kappa shape index (κ3) is 5.75. The Labute approximate surface area is 222 Å². The summed E-state index contributed by atoms with van der Waals surface area (Å²) in [5.74, 6) is -0.763. The summed E-state index contributed by atoms with van der Waals surface area (Å²) in [4.78, 5) is 40.8. The SMILES string of the molecule is C=CC(=O)Nc1cccc(-n2cnc(=O)c3cnc(Nc4ccc(N5CCN(CCF)CC5)cc4F)nc32)c1. The molecule has 5 rings (SSSR count). The van der Waals surface area contributed by atoms with Gasteiger partial charge < -0.3 is 15.5 Å². The van der Waals surface area contributed by atoms with E-state index in [0.717, 1.165) is 24.9 Å². The van der Waals surface area contributed by atoms with Gasteiger partial charge in [0.2, 0.25) is 11.9 Å². The van der Waals surface area contributed by atoms with Crippen molar-refractivity contribution < 1.29 is 13.6 Å². The minimum Gasteiger partial charge on any atom is -0.369 e. The summed E-state index contributed by atoms with van der Waals surface area (Å²) in [7, 11) is 0. The first-order valence-corrected chi connectivity index (χ1v) is 12.3. The van der Waals surface area contributed by atoms with Gasteiger partial charge >= 0.3 is 0 Å². The average Bonchev–Trinajstić information content (AvgIpc) is 2.95. The van der Waals surface area contributed by atoms with Gasteiger partial charge in [-0.05, 0) is 42.5 Å². The van der Waals surface area contributed by atoms with Crippen molar-refractivity contribution in [1.29, 1.82) is 0 Å². The topological polar surface area (TPSA) is 108 Å². The zero-order valence-corrected chi connectivity index (χ0v) is 21.0. The maximum atomic E-state index is 15.1. The van der Waals surface area contributed by atoms with Crippen molar-refractivity contribution in [2.75, 3.05) is 54.9 Å². The molecule has 2 N–H and O–H groups in total. The van der Waals surface area contributed by atoms with Crippen molar-refractivity contribution in [1.82, 2.24) is 24.4 Å². The Hall–Kier alpha value is -4.71. The summed E-state index contributed by atoms with van der Waals surface area (Å²) in [5.41, 5.74) is 1.75. The minimum atomic E-state index is -0.508. The maximum absolute atomic E-state index is 15.1. The highest BCUT2D eigenvalue weighted by atomic mass is 19.1. The molecule has 39 heavy (non-hydrogen) atoms. The lowest BCUT2D eigenvalue weighted by atomic mass is 10.2. The van der Waals surface area contributed by atoms with E-state index in [1.807, 2.05) is 4.90 Å². The van der Waals surface area contributed by atoms with Crippen LogP contribution in [0.2, 0.25) is 0 Å². The molecule has 1 saturated heterocycles. The number of hydrogen-bond acceptors (Lipinski definition) is 8. The van der Waals surface area contributed by atoms with Crippen molar-refractivity contribution in [3.63, 3.8) is 0 Å². The molecule has 0 bridgehead atoms. The number of nitrogens with zero attached hydrogens (tertiary/aromatic N) is 6. The van der Waals surface area contributed by atoms with E-state index >= 15 is 4.39 Å². The van der Waals surface area contributed by atoms with Gasteiger partial charge in [0.15, 0.2) is 5.65 Å². The van der Waals surface area contributed by atoms with E-state index in [2.05, 4.69) is 37.1 Å². The zero-order valence-electron chi connectivity index (χ0n) is 21.0. The Balaban J connectivity index is 1.41. The zero-order chi connectivity index (χ0) is 27.4. The van der Waals surface area contributed by atoms with Gasteiger partial charge in [-0.2, -0.15) is 9.97 Å². The van der Waals surface area contributed by atoms with Crippen LogP contribution in [0.25, 0.3) is 16.7 Å². The van der Waals surface area contributed by atoms with Crippen LogP contribution < -0.4 is 21.1 Å². The third-order valence-electron chi connectivity index (χ3n) is 6.43. The van der Waals surface area contributed by atoms with Gasteiger partial charge in [0.1, 0.15) is 24.2 Å². The van der Waals surface area contributed by atoms with E-state index in [0.29, 0.717) is 31.0 Å². The molecular formula is C27H26F2N8O2. The largest absolute Gasteiger partial charge is 0.369 e. The second-order valence-electron chi connectivity index (χ2n) is 8.90. The fraction of sp³-hybridized carbons (Fsp3) is 0.222. The van der Waals surface area contributed by atoms with Gasteiger partial charge in [-0.15, -0.1) is 0 Å². The number of alkyl halides is 1. The second kappa shape index (κ2) is 11.4. The van der Waals surface area contributed by atoms with Crippen LogP contribution in [-0.4, -0.2) is 69.7 Å². The van der Waals surface area contributed by atoms with Crippen LogP contribution in [0.3, 0.4) is 0 Å². The molecule has 0 atom stereocenters. The quantitative estimate of drug-likeness (QED) is 0.333. The highest BCUT2D eigenvalue weighted by Gasteiger charge is 2.18. The number of amides is 1. The Morgan fingerprint density at radius 2 is 1.90 bits per heavy atom. The van der Waals surface area contributed by atoms with Gasteiger partial charge in [-0.1, -0.05) is 12.6 Å². The number of nitrogens with one attached hydrogen (secondary N) is 2. The lowest BCUT2D eigenvalue weighted by Crippen LogP contribution is -2.47. The molecule has 0 radical (unpaired) electrons. The number of carbonyl (C=O) groups excluding carboxylic acids is 1. The summed E-state index contributed by atoms with van der Waals surface area (Å²) >= 11 is 0. The predicted octanol–water partition coefficient (Wildman–Crippen LogP) is 3.27. The summed E-state index contributed by atoms with van der Waals surface area (Å²) in [6.45, 7) is 6.29. The fourth-order valence-electron chi connectivity index (χ4n) is 4.39. The van der Waals surface area contributed by atoms with Gasteiger partial charge in [0.05, 0.1) is 11.4 Å². The van der Waals surface area contributed by atoms with Gasteiger partial charge in [0, 0.05) is 50.3 Å². The van der Waals surface area contributed by atoms with Crippen LogP contribution in [0.15, 0.2) is 72.4 Å². The highest BCUT2D eigenvalue weighted by molar-refractivity contribution is 5.99. The van der Waals surface area contributed by atoms with E-state index < -0.39 is 11.4 Å². The average molecular weight is 533 g/mol. The van der Waals surface area contributed by atoms with Crippen LogP contribution in [0, 0.1) is 5.82 Å². The predicted molar refractivity (Wildman–Crippen MR) is 146 cm³/mol. The molecule has 0 saturated carbocycles. The number of fused-ring (bicyclic) bond motifs is 1. The van der Waals surface area contributed by atoms with Gasteiger partial charge in [-0.3, -0.25) is 19.1 Å². The van der Waals surface area contributed by atoms with E-state index in [1.165, 1.54) is 18.6 Å². The Bertz CT molecular complexity index is 1580. The van der Waals surface area contributed by atoms with E-state index in [-0.39, 0.29) is 35.3 Å². The van der Waals surface area contributed by atoms with Crippen LogP contribution >= 0.6 is 0 Å². The van der Waals surface area contributed by atoms with Gasteiger partial charge in [-0.25, -0.2) is 13.8 Å². The minimum absolute atomic E-state index is 0.0875. The first-order valence-electron chi connectivity index (χ1n) is 12.3. The number of benzene rings is 2. The van der Waals surface area contributed by atoms with Crippen LogP contribution in [0.1, 0.15) is 0 Å². The van der Waals surface area contributed by atoms with E-state index in [4.69, 9.17) is 0 Å². The summed E-state index contributed by atoms with van der Waals surface area (Å²) in [6, 6.07) is 11.8. The molecule has 1 aliphatic heterocycles. The van der Waals surface area contributed by atoms with Crippen LogP contribution in [0.4, 0.5) is 31.8 Å². The lowest BCUT2D eigenvalue weighted by Gasteiger charge is -2.35. The molecule has 0 spiro atoms. The number of anilines is 4. The maximum Gasteiger partial charge on any atom is 0.283 e. The molecule has 12 heteroatoms. The molecule has 2 aromatic carbocycles. The molecular weight excluding hydrogens is 506 g/mol. The number of rotatable bonds is 8. The Kier molecular flexibility index (Phi) is 7.55. The first kappa shape index (κ1) is 25.9. The van der Waals surface area contributed by atoms with Gasteiger partial charge in [0.25, 0.3) is 5.56 Å². The Morgan fingerprint density at radius 3 is 2.64 bits per heavy atom. The standard InChI is InChI=1S/C27H26F2N8O2/c1-2-24(38)32-18-4-3-5-20(14-18)37-17-31-26(39)21-16-30-27(34-25(21)37)33-23-7-6-19(15-22(23)29)36-12-10-35(9-8-28)11-13-36/h2-7,14-17H,1,8-13H2,(H,32,38)(H,30,33,34). The molecule has 2 aromatic heterocycles. The monoisotopic (exact) mass is 532 g/mol. The van der Waals surface area contributed by atoms with Crippen molar-refractivity contribution in [3.8, 4) is 5.69 Å². The smallest absolute Gasteiger partial charge is 0.283 e. The third-order valence-corrected chi connectivity index (χ3v) is 6.43. The van der Waals surface area contributed by atoms with Crippen LogP contribution in [-0.2, 0) is 4.79 Å². The Morgan fingerprint density at radius 1 is 1.08 bits per heavy atom. The molecule has 10 nitrogen and oxygen atoms in total. The molecule has 1 amide bonds. The summed E-state index contributed by atoms with van der Waals surface area (Å²) in [6.07, 6.45) is 3.83. The lowest BCUT2D eigenvalue weighted by molar-refractivity contribution is -0.111. The number of carbonyl (C=O) groups is 1. The summed E-state index contributed by atoms with van der Waals surface area (Å²) < 4.78 is 29.3. The van der Waals surface area contributed by atoms with Crippen molar-refractivity contribution in [3.05, 3.63) is 83.8 Å². The normalized spacial score (nSPS) is 13.8. The van der Waals surface area contributed by atoms with Crippen LogP contribution in [0.5, 0.6) is 0 Å². The van der Waals surface area contributed by atoms with Crippen molar-refractivity contribution in [2.45, 2.75) is 0 Å². The van der Waals surface area contributed by atoms with Crippen molar-refractivity contribution in [2.24, 2.45) is 0 Å². The molecule has 3 heterocycles. The highest BCUT2D eigenvalue weighted by Crippen LogP contribution is 2.26. The molecule has 0 aliphatic carbocycles. The van der Waals surface area contributed by atoms with Crippen molar-refractivity contribution >= 4 is 40.0 Å². The number of aromatic nitrogens is 4. The second-order valence-corrected chi connectivity index (χ2v) is 8.90. The molecule has 1 aliphatic rings. The number of hydrogen-bond donors (Lipinski definition) is 2. The summed E-state index contributed by atoms with van der Waals surface area (Å²) in [5, 5.41) is 5.75. The number of piperazine rings is 1. The molecule has 1 fully saturated rings. The fourth-order valence-corrected chi connectivity index (χ4v) is 4.39. The molecule has 200 valence electrons. The van der Waals surface area contributed by atoms with E-state index in [9.17, 15) is 14.0 Å².